The van der Waals surface area contributed by atoms with Crippen LogP contribution in [0.3, 0.4) is 0 Å². The molecule has 11 amide bonds. The van der Waals surface area contributed by atoms with Gasteiger partial charge in [0.05, 0.1) is 81.5 Å². The van der Waals surface area contributed by atoms with Gasteiger partial charge in [-0.3, -0.25) is 96.8 Å². The number of para-hydroxylation sites is 1. The number of ether oxygens (including phenoxy) is 2. The van der Waals surface area contributed by atoms with Crippen LogP contribution in [0.5, 0.6) is 0 Å². The second-order valence-electron chi connectivity index (χ2n) is 32.9. The summed E-state index contributed by atoms with van der Waals surface area (Å²) in [4.78, 5) is 210. The number of fused-ring (bicyclic) bond motifs is 3. The van der Waals surface area contributed by atoms with E-state index in [0.29, 0.717) is 123 Å². The molecule has 0 radical (unpaired) electrons. The Balaban J connectivity index is 0.873. The molecule has 22 N–H and O–H groups in total. The molecule has 8 atom stereocenters. The first kappa shape index (κ1) is 105. The van der Waals surface area contributed by atoms with Crippen molar-refractivity contribution in [2.24, 2.45) is 23.1 Å². The number of benzene rings is 3. The van der Waals surface area contributed by atoms with E-state index in [4.69, 9.17) is 44.3 Å². The van der Waals surface area contributed by atoms with Gasteiger partial charge in [-0.2, -0.15) is 0 Å². The number of Topliss-reactive ketones (excluding diaryl/α,β-unsaturated/α-hetero) is 1. The Morgan fingerprint density at radius 3 is 1.83 bits per heavy atom. The van der Waals surface area contributed by atoms with Crippen molar-refractivity contribution in [1.82, 2.24) is 97.4 Å². The van der Waals surface area contributed by atoms with Gasteiger partial charge in [-0.1, -0.05) is 79.9 Å². The maximum atomic E-state index is 15.3. The third kappa shape index (κ3) is 38.7. The van der Waals surface area contributed by atoms with Gasteiger partial charge in [-0.25, -0.2) is 4.98 Å². The number of aryl methyl sites for hydroxylation is 1. The smallest absolute Gasteiger partial charge is 0.317 e. The third-order valence-electron chi connectivity index (χ3n) is 22.2. The van der Waals surface area contributed by atoms with Crippen molar-refractivity contribution in [2.75, 3.05) is 122 Å². The highest BCUT2D eigenvalue weighted by Crippen LogP contribution is 2.23. The largest absolute Gasteiger partial charge is 0.480 e. The summed E-state index contributed by atoms with van der Waals surface area (Å²) in [7, 11) is 0. The molecular weight excluding hydrogens is 1730 g/mol. The van der Waals surface area contributed by atoms with Crippen molar-refractivity contribution >= 4 is 128 Å². The van der Waals surface area contributed by atoms with Crippen LogP contribution in [0.2, 0.25) is 0 Å². The van der Waals surface area contributed by atoms with Gasteiger partial charge in [0.1, 0.15) is 43.0 Å². The van der Waals surface area contributed by atoms with Gasteiger partial charge >= 0.3 is 11.9 Å². The number of carboxylic acids is 2. The molecule has 3 aromatic heterocycles. The minimum atomic E-state index is -1.45. The van der Waals surface area contributed by atoms with Crippen LogP contribution in [0, 0.1) is 11.3 Å². The lowest BCUT2D eigenvalue weighted by molar-refractivity contribution is -0.139. The van der Waals surface area contributed by atoms with Gasteiger partial charge in [0.15, 0.2) is 10.9 Å². The number of ketones is 1. The van der Waals surface area contributed by atoms with Crippen LogP contribution in [-0.2, 0) is 109 Å². The predicted molar refractivity (Wildman–Crippen MR) is 491 cm³/mol. The molecule has 3 aromatic carbocycles. The summed E-state index contributed by atoms with van der Waals surface area (Å²) >= 11 is 5.44. The molecule has 2 aliphatic heterocycles. The fourth-order valence-electron chi connectivity index (χ4n) is 15.2. The van der Waals surface area contributed by atoms with Crippen molar-refractivity contribution in [1.29, 1.82) is 5.41 Å². The van der Waals surface area contributed by atoms with Crippen LogP contribution in [0.1, 0.15) is 133 Å². The molecule has 1 fully saturated rings. The van der Waals surface area contributed by atoms with Crippen LogP contribution >= 0.6 is 12.2 Å². The number of amides is 11. The van der Waals surface area contributed by atoms with Crippen LogP contribution in [-0.4, -0.2) is 307 Å². The Hall–Kier alpha value is -12.8. The summed E-state index contributed by atoms with van der Waals surface area (Å²) in [6.45, 7) is 5.69. The fraction of sp³-hybridized carbons (Fsp3) is 0.534. The van der Waals surface area contributed by atoms with Crippen molar-refractivity contribution in [3.8, 4) is 0 Å². The average molecular weight is 1860 g/mol. The van der Waals surface area contributed by atoms with E-state index < -0.39 is 126 Å². The monoisotopic (exact) mass is 1850 g/mol. The van der Waals surface area contributed by atoms with E-state index >= 15 is 24.0 Å². The second kappa shape index (κ2) is 56.1. The number of hydrogen-bond donors (Lipinski definition) is 19. The first-order valence-electron chi connectivity index (χ1n) is 44.6. The molecule has 718 valence electrons. The van der Waals surface area contributed by atoms with Crippen molar-refractivity contribution in [3.05, 3.63) is 126 Å². The number of thiocarbonyl (C=S) groups is 1. The zero-order valence-corrected chi connectivity index (χ0v) is 75.6. The highest BCUT2D eigenvalue weighted by atomic mass is 32.1. The lowest BCUT2D eigenvalue weighted by Gasteiger charge is -2.33. The van der Waals surface area contributed by atoms with Gasteiger partial charge in [0.25, 0.3) is 0 Å². The molecule has 0 saturated carbocycles. The molecule has 44 heteroatoms. The number of aromatic amines is 2. The number of carbonyl (C=O) groups excluding carboxylic acids is 12. The number of imidazole rings is 1. The number of unbranched alkanes of at least 4 members (excludes halogenated alkanes) is 3. The molecule has 3 unspecified atom stereocenters. The van der Waals surface area contributed by atoms with Crippen LogP contribution in [0.25, 0.3) is 10.9 Å². The maximum absolute atomic E-state index is 15.3. The number of primary amides is 2. The van der Waals surface area contributed by atoms with Gasteiger partial charge in [-0.15, -0.1) is 5.10 Å². The molecule has 132 heavy (non-hydrogen) atoms. The minimum Gasteiger partial charge on any atom is -0.480 e. The summed E-state index contributed by atoms with van der Waals surface area (Å²) in [5.74, 6) is -11.3. The Kier molecular flexibility index (Phi) is 44.5. The minimum absolute atomic E-state index is 0.00945. The lowest BCUT2D eigenvalue weighted by Crippen LogP contribution is -2.60. The molecule has 5 heterocycles. The zero-order valence-electron chi connectivity index (χ0n) is 74.7. The summed E-state index contributed by atoms with van der Waals surface area (Å²) in [6.07, 6.45) is 8.53. The van der Waals surface area contributed by atoms with E-state index in [9.17, 15) is 53.4 Å². The Labute approximate surface area is 770 Å². The highest BCUT2D eigenvalue weighted by Gasteiger charge is 2.37. The zero-order chi connectivity index (χ0) is 95.3. The fourth-order valence-corrected chi connectivity index (χ4v) is 15.3. The van der Waals surface area contributed by atoms with Crippen molar-refractivity contribution in [3.63, 3.8) is 0 Å². The molecule has 1 saturated heterocycles. The number of rotatable bonds is 44. The van der Waals surface area contributed by atoms with Gasteiger partial charge in [0.2, 0.25) is 65.0 Å². The standard InChI is InChI=1S/C88H127N25O18S/c1-3-4-19-67(98-57(2)114)74(115)46-59-44-64-50-113(108-107-64)31-15-13-23-70(103-86(128)72(45-60-48-95-66-20-9-8-18-65(60)66)106-84(126)69(22-10-11-24-75(89)90)102-85(127)71(43-58-16-6-5-7-17-58)105-87(129)73(104-82(59)124)47-63-49-93-55-96-63)83(125)101-68(81(92)123)21-12-14-30-94-77(117)29-40-130-41-42-131-56-97-88(132)100-62-27-25-61(26-28-62)99-78(118)52-110-34-38-111(53-79(119)120)36-32-109(51-76(91)116)33-37-112(39-35-110)54-80(121)122/h5-9,16-18,20,25-28,48-50,55,59,67-73,95H,3-4,10-15,19,21-24,29-47,51-54,56H2,1-2H3,(H3,89,90)(H2,91,116)(H2,92,123)(H,93,96)(H,94,117)(H,98,114)(H,99,118)(H,101,125)(H,102,127)(H,103,128)(H,104,124)(H,105,129)(H,106,126)(H,119,120)(H,121,122)(H2,97,100,132)/t59?,67-,68?,69+,70?,71+,72-,73-/m0/s1. The number of aliphatic carboxylic acids is 2. The summed E-state index contributed by atoms with van der Waals surface area (Å²) in [5, 5.41) is 68.2. The summed E-state index contributed by atoms with van der Waals surface area (Å²) in [6, 6.07) is 13.4. The van der Waals surface area contributed by atoms with E-state index in [1.165, 1.54) is 24.1 Å². The Bertz CT molecular complexity index is 4760. The topological polar surface area (TPSA) is 620 Å². The SMILES string of the molecule is CCCC[C@H](NC(C)=O)C(=O)CC1Cc2cn(nn2)CCCCC(C(=O)NC(CCCCNC(=O)CCOCCOCNC(=S)Nc2ccc(NC(=O)CN3CCN(CC(=O)O)CCN(CC(N)=O)CCN(CC(=O)O)CC3)cc2)C(N)=O)NC(=O)[C@H](Cc2c[nH]c3ccccc23)NC(=O)[C@@H](CCCCC(=N)N)NC(=O)[C@@H](Cc2ccccc2)NC(=O)[C@H](Cc2c[nH]cn2)NC1=O. The maximum Gasteiger partial charge on any atom is 0.317 e. The van der Waals surface area contributed by atoms with Crippen LogP contribution in [0.4, 0.5) is 11.4 Å². The Morgan fingerprint density at radius 1 is 0.598 bits per heavy atom. The van der Waals surface area contributed by atoms with E-state index in [1.54, 1.807) is 87.8 Å². The number of nitrogens with two attached hydrogens (primary N) is 3. The number of anilines is 2. The number of carbonyl (C=O) groups is 14. The quantitative estimate of drug-likeness (QED) is 0.00758. The lowest BCUT2D eigenvalue weighted by atomic mass is 9.91. The normalized spacial score (nSPS) is 18.8. The molecule has 0 aliphatic carbocycles. The first-order valence-corrected chi connectivity index (χ1v) is 45.0. The van der Waals surface area contributed by atoms with E-state index in [1.807, 2.05) is 30.0 Å². The molecule has 43 nitrogen and oxygen atoms in total. The Morgan fingerprint density at radius 2 is 1.20 bits per heavy atom. The predicted octanol–water partition coefficient (Wildman–Crippen LogP) is -0.434. The average Bonchev–Trinajstić information content (AvgIpc) is 1.66. The number of nitrogens with one attached hydrogen (secondary N) is 14. The van der Waals surface area contributed by atoms with E-state index in [0.717, 1.165) is 0 Å². The summed E-state index contributed by atoms with van der Waals surface area (Å²) < 4.78 is 12.8. The molecule has 0 spiro atoms. The molecule has 2 bridgehead atoms. The van der Waals surface area contributed by atoms with Crippen molar-refractivity contribution in [2.45, 2.75) is 185 Å². The van der Waals surface area contributed by atoms with Gasteiger partial charge < -0.3 is 105 Å². The van der Waals surface area contributed by atoms with E-state index in [-0.39, 0.29) is 178 Å². The molecule has 6 aromatic rings. The second-order valence-corrected chi connectivity index (χ2v) is 33.3. The van der Waals surface area contributed by atoms with Crippen molar-refractivity contribution < 1.29 is 86.8 Å². The van der Waals surface area contributed by atoms with Crippen LogP contribution < -0.4 is 75.7 Å². The third-order valence-corrected chi connectivity index (χ3v) is 22.5. The highest BCUT2D eigenvalue weighted by molar-refractivity contribution is 7.80. The number of aromatic nitrogens is 6. The van der Waals surface area contributed by atoms with Crippen LogP contribution in [0.15, 0.2) is 104 Å². The number of carboxylic acid groups (broad SMARTS) is 2. The molecule has 2 aliphatic rings. The summed E-state index contributed by atoms with van der Waals surface area (Å²) in [5.41, 5.74) is 20.8. The van der Waals surface area contributed by atoms with Gasteiger partial charge in [-0.05, 0) is 111 Å². The number of hydrogen-bond acceptors (Lipinski definition) is 25. The number of amidine groups is 1. The number of nitrogens with zero attached hydrogens (tertiary/aromatic N) is 8. The molecular formula is C88H127N25O18S. The first-order chi connectivity index (χ1) is 63.4. The molecule has 8 rings (SSSR count). The van der Waals surface area contributed by atoms with E-state index in [2.05, 4.69) is 83.7 Å². The number of H-pyrrole nitrogens is 2. The van der Waals surface area contributed by atoms with Gasteiger partial charge in [0, 0.05) is 158 Å².